The van der Waals surface area contributed by atoms with E-state index in [9.17, 15) is 9.90 Å². The minimum absolute atomic E-state index is 0.303. The molecule has 5 heteroatoms. The van der Waals surface area contributed by atoms with Gasteiger partial charge in [-0.15, -0.1) is 0 Å². The lowest BCUT2D eigenvalue weighted by atomic mass is 10.0. The van der Waals surface area contributed by atoms with E-state index in [-0.39, 0.29) is 0 Å². The van der Waals surface area contributed by atoms with Crippen LogP contribution in [0.15, 0.2) is 35.2 Å². The van der Waals surface area contributed by atoms with Gasteiger partial charge in [-0.1, -0.05) is 0 Å². The van der Waals surface area contributed by atoms with Gasteiger partial charge in [0.05, 0.1) is 0 Å². The highest BCUT2D eigenvalue weighted by Gasteiger charge is 2.26. The average molecular weight is 304 g/mol. The zero-order valence-corrected chi connectivity index (χ0v) is 12.9. The van der Waals surface area contributed by atoms with Crippen molar-refractivity contribution in [3.63, 3.8) is 0 Å². The van der Waals surface area contributed by atoms with Crippen LogP contribution in [0.1, 0.15) is 47.9 Å². The van der Waals surface area contributed by atoms with Crippen LogP contribution in [0.5, 0.6) is 0 Å². The quantitative estimate of drug-likeness (QED) is 0.938. The van der Waals surface area contributed by atoms with Gasteiger partial charge in [0.2, 0.25) is 0 Å². The van der Waals surface area contributed by atoms with Crippen molar-refractivity contribution in [2.24, 2.45) is 0 Å². The van der Waals surface area contributed by atoms with Crippen LogP contribution >= 0.6 is 11.3 Å². The lowest BCUT2D eigenvalue weighted by Gasteiger charge is -2.36. The van der Waals surface area contributed by atoms with Crippen LogP contribution in [0, 0.1) is 0 Å². The summed E-state index contributed by atoms with van der Waals surface area (Å²) >= 11 is 1.74. The van der Waals surface area contributed by atoms with Crippen LogP contribution in [0.4, 0.5) is 0 Å². The van der Waals surface area contributed by atoms with E-state index in [4.69, 9.17) is 0 Å². The molecule has 1 atom stereocenters. The molecule has 112 valence electrons. The maximum Gasteiger partial charge on any atom is 0.352 e. The molecule has 0 bridgehead atoms. The molecule has 21 heavy (non-hydrogen) atoms. The van der Waals surface area contributed by atoms with E-state index in [1.54, 1.807) is 17.4 Å². The van der Waals surface area contributed by atoms with Gasteiger partial charge in [0.25, 0.3) is 0 Å². The Labute approximate surface area is 128 Å². The van der Waals surface area contributed by atoms with Crippen LogP contribution < -0.4 is 0 Å². The third kappa shape index (κ3) is 2.89. The topological polar surface area (TPSA) is 45.5 Å². The Balaban J connectivity index is 1.65. The predicted molar refractivity (Wildman–Crippen MR) is 84.0 cm³/mol. The Morgan fingerprint density at radius 2 is 2.14 bits per heavy atom. The molecule has 2 aromatic rings. The second-order valence-electron chi connectivity index (χ2n) is 5.61. The molecule has 3 rings (SSSR count). The van der Waals surface area contributed by atoms with Gasteiger partial charge in [-0.3, -0.25) is 4.90 Å². The number of hydrogen-bond donors (Lipinski definition) is 1. The van der Waals surface area contributed by atoms with Crippen molar-refractivity contribution in [2.75, 3.05) is 13.1 Å². The van der Waals surface area contributed by atoms with Crippen LogP contribution in [0.2, 0.25) is 0 Å². The summed E-state index contributed by atoms with van der Waals surface area (Å²) in [6.45, 7) is 4.28. The fraction of sp³-hybridized carbons (Fsp3) is 0.438. The molecule has 3 heterocycles. The highest BCUT2D eigenvalue weighted by atomic mass is 32.1. The average Bonchev–Trinajstić information content (AvgIpc) is 3.18. The van der Waals surface area contributed by atoms with Gasteiger partial charge in [-0.2, -0.15) is 11.3 Å². The van der Waals surface area contributed by atoms with Crippen LogP contribution in [-0.4, -0.2) is 33.6 Å². The molecule has 1 N–H and O–H groups in total. The van der Waals surface area contributed by atoms with E-state index in [0.29, 0.717) is 17.8 Å². The molecule has 1 aliphatic rings. The molecular formula is C16H20N2O2S. The molecule has 0 radical (unpaired) electrons. The number of piperidine rings is 1. The molecule has 1 unspecified atom stereocenters. The zero-order chi connectivity index (χ0) is 14.8. The first kappa shape index (κ1) is 14.4. The summed E-state index contributed by atoms with van der Waals surface area (Å²) in [7, 11) is 0. The van der Waals surface area contributed by atoms with E-state index in [2.05, 4.69) is 28.7 Å². The van der Waals surface area contributed by atoms with Crippen LogP contribution in [0.25, 0.3) is 0 Å². The molecule has 0 saturated carbocycles. The van der Waals surface area contributed by atoms with Crippen molar-refractivity contribution in [3.8, 4) is 0 Å². The van der Waals surface area contributed by atoms with Crippen molar-refractivity contribution in [2.45, 2.75) is 31.8 Å². The highest BCUT2D eigenvalue weighted by molar-refractivity contribution is 7.07. The van der Waals surface area contributed by atoms with Crippen molar-refractivity contribution in [3.05, 3.63) is 46.4 Å². The van der Waals surface area contributed by atoms with Gasteiger partial charge in [-0.25, -0.2) is 4.79 Å². The summed E-state index contributed by atoms with van der Waals surface area (Å²) in [6, 6.07) is 6.44. The van der Waals surface area contributed by atoms with E-state index in [0.717, 1.165) is 25.9 Å². The van der Waals surface area contributed by atoms with Gasteiger partial charge in [0.15, 0.2) is 0 Å². The molecule has 0 aromatic carbocycles. The Morgan fingerprint density at radius 1 is 1.38 bits per heavy atom. The summed E-state index contributed by atoms with van der Waals surface area (Å²) < 4.78 is 1.93. The highest BCUT2D eigenvalue weighted by Crippen LogP contribution is 2.30. The summed E-state index contributed by atoms with van der Waals surface area (Å²) in [6.07, 6.45) is 3.90. The first-order chi connectivity index (χ1) is 10.2. The normalized spacial score (nSPS) is 18.7. The molecule has 0 amide bonds. The smallest absolute Gasteiger partial charge is 0.352 e. The number of aromatic nitrogens is 1. The van der Waals surface area contributed by atoms with E-state index in [1.165, 1.54) is 5.56 Å². The standard InChI is InChI=1S/C16H20N2O2S/c1-12(13-6-10-21-11-13)17-8-4-14(5-9-17)18-7-2-3-15(18)16(19)20/h2-3,6-7,10-12,14H,4-5,8-9H2,1H3,(H,19,20). The number of carboxylic acids is 1. The second kappa shape index (κ2) is 6.03. The minimum Gasteiger partial charge on any atom is -0.477 e. The maximum atomic E-state index is 11.2. The number of carboxylic acid groups (broad SMARTS) is 1. The van der Waals surface area contributed by atoms with Gasteiger partial charge >= 0.3 is 5.97 Å². The van der Waals surface area contributed by atoms with Crippen LogP contribution in [0.3, 0.4) is 0 Å². The fourth-order valence-corrected chi connectivity index (χ4v) is 3.92. The number of rotatable bonds is 4. The van der Waals surface area contributed by atoms with Crippen molar-refractivity contribution < 1.29 is 9.90 Å². The van der Waals surface area contributed by atoms with Crippen molar-refractivity contribution in [1.29, 1.82) is 0 Å². The van der Waals surface area contributed by atoms with E-state index < -0.39 is 5.97 Å². The second-order valence-corrected chi connectivity index (χ2v) is 6.39. The van der Waals surface area contributed by atoms with Gasteiger partial charge in [0, 0.05) is 31.4 Å². The first-order valence-electron chi connectivity index (χ1n) is 7.33. The monoisotopic (exact) mass is 304 g/mol. The number of aromatic carboxylic acids is 1. The third-order valence-corrected chi connectivity index (χ3v) is 5.17. The number of likely N-dealkylation sites (tertiary alicyclic amines) is 1. The summed E-state index contributed by atoms with van der Waals surface area (Å²) in [5.74, 6) is -0.839. The molecule has 4 nitrogen and oxygen atoms in total. The van der Waals surface area contributed by atoms with Gasteiger partial charge in [0.1, 0.15) is 5.69 Å². The minimum atomic E-state index is -0.839. The zero-order valence-electron chi connectivity index (χ0n) is 12.1. The molecular weight excluding hydrogens is 284 g/mol. The van der Waals surface area contributed by atoms with Gasteiger partial charge < -0.3 is 9.67 Å². The van der Waals surface area contributed by atoms with Crippen molar-refractivity contribution >= 4 is 17.3 Å². The molecule has 1 fully saturated rings. The molecule has 1 saturated heterocycles. The lowest BCUT2D eigenvalue weighted by Crippen LogP contribution is -2.36. The predicted octanol–water partition coefficient (Wildman–Crippen LogP) is 3.65. The third-order valence-electron chi connectivity index (χ3n) is 4.46. The van der Waals surface area contributed by atoms with Crippen LogP contribution in [-0.2, 0) is 0 Å². The summed E-state index contributed by atoms with van der Waals surface area (Å²) in [5.41, 5.74) is 1.78. The largest absolute Gasteiger partial charge is 0.477 e. The number of hydrogen-bond acceptors (Lipinski definition) is 3. The molecule has 0 aliphatic carbocycles. The fourth-order valence-electron chi connectivity index (χ4n) is 3.17. The number of nitrogens with zero attached hydrogens (tertiary/aromatic N) is 2. The number of thiophene rings is 1. The molecule has 1 aliphatic heterocycles. The summed E-state index contributed by atoms with van der Waals surface area (Å²) in [4.78, 5) is 13.7. The number of carbonyl (C=O) groups is 1. The lowest BCUT2D eigenvalue weighted by molar-refractivity contribution is 0.0676. The molecule has 2 aromatic heterocycles. The first-order valence-corrected chi connectivity index (χ1v) is 8.27. The van der Waals surface area contributed by atoms with E-state index in [1.807, 2.05) is 16.8 Å². The Hall–Kier alpha value is -1.59. The SMILES string of the molecule is CC(c1ccsc1)N1CCC(n2cccc2C(=O)O)CC1. The summed E-state index contributed by atoms with van der Waals surface area (Å²) in [5, 5.41) is 13.6. The Morgan fingerprint density at radius 3 is 2.76 bits per heavy atom. The molecule has 0 spiro atoms. The Kier molecular flexibility index (Phi) is 4.12. The Bertz CT molecular complexity index is 598. The van der Waals surface area contributed by atoms with Gasteiger partial charge in [-0.05, 0) is 54.3 Å². The maximum absolute atomic E-state index is 11.2. The van der Waals surface area contributed by atoms with E-state index >= 15 is 0 Å². The van der Waals surface area contributed by atoms with Crippen molar-refractivity contribution in [1.82, 2.24) is 9.47 Å².